The van der Waals surface area contributed by atoms with Crippen LogP contribution >= 0.6 is 0 Å². The molecule has 110 valence electrons. The van der Waals surface area contributed by atoms with Crippen molar-refractivity contribution in [3.63, 3.8) is 0 Å². The Morgan fingerprint density at radius 2 is 1.95 bits per heavy atom. The molecule has 1 aliphatic rings. The fourth-order valence-corrected chi connectivity index (χ4v) is 2.71. The number of benzene rings is 1. The summed E-state index contributed by atoms with van der Waals surface area (Å²) in [5.74, 6) is 1.24. The number of aromatic nitrogens is 2. The number of nitrogens with two attached hydrogens (primary N) is 2. The molecule has 0 radical (unpaired) electrons. The van der Waals surface area contributed by atoms with Gasteiger partial charge in [0.15, 0.2) is 0 Å². The molecule has 1 aromatic heterocycles. The van der Waals surface area contributed by atoms with Gasteiger partial charge in [-0.1, -0.05) is 30.3 Å². The van der Waals surface area contributed by atoms with E-state index in [1.54, 1.807) is 0 Å². The summed E-state index contributed by atoms with van der Waals surface area (Å²) in [6.45, 7) is 1.78. The van der Waals surface area contributed by atoms with Crippen molar-refractivity contribution in [2.75, 3.05) is 23.7 Å². The zero-order chi connectivity index (χ0) is 14.7. The van der Waals surface area contributed by atoms with Crippen molar-refractivity contribution in [3.8, 4) is 0 Å². The van der Waals surface area contributed by atoms with Gasteiger partial charge in [0.25, 0.3) is 0 Å². The largest absolute Gasteiger partial charge is 0.368 e. The van der Waals surface area contributed by atoms with Gasteiger partial charge in [0, 0.05) is 30.9 Å². The normalized spacial score (nSPS) is 18.1. The van der Waals surface area contributed by atoms with E-state index in [0.717, 1.165) is 43.9 Å². The van der Waals surface area contributed by atoms with Gasteiger partial charge in [0.2, 0.25) is 5.95 Å². The Labute approximate surface area is 125 Å². The third kappa shape index (κ3) is 3.49. The lowest BCUT2D eigenvalue weighted by Gasteiger charge is -2.17. The summed E-state index contributed by atoms with van der Waals surface area (Å²) in [4.78, 5) is 10.9. The highest BCUT2D eigenvalue weighted by molar-refractivity contribution is 5.45. The number of rotatable bonds is 4. The van der Waals surface area contributed by atoms with Crippen LogP contribution in [0.25, 0.3) is 0 Å². The molecule has 1 atom stereocenters. The second-order valence-electron chi connectivity index (χ2n) is 5.56. The van der Waals surface area contributed by atoms with Gasteiger partial charge < -0.3 is 16.4 Å². The highest BCUT2D eigenvalue weighted by atomic mass is 15.2. The van der Waals surface area contributed by atoms with Gasteiger partial charge in [-0.25, -0.2) is 4.98 Å². The summed E-state index contributed by atoms with van der Waals surface area (Å²) in [7, 11) is 0. The third-order valence-electron chi connectivity index (χ3n) is 3.84. The van der Waals surface area contributed by atoms with Crippen LogP contribution < -0.4 is 16.4 Å². The lowest BCUT2D eigenvalue weighted by Crippen LogP contribution is -2.27. The first-order chi connectivity index (χ1) is 10.2. The van der Waals surface area contributed by atoms with E-state index >= 15 is 0 Å². The van der Waals surface area contributed by atoms with E-state index in [1.807, 2.05) is 12.1 Å². The third-order valence-corrected chi connectivity index (χ3v) is 3.84. The fraction of sp³-hybridized carbons (Fsp3) is 0.375. The molecule has 2 heterocycles. The Morgan fingerprint density at radius 3 is 2.67 bits per heavy atom. The number of anilines is 2. The average molecular weight is 283 g/mol. The van der Waals surface area contributed by atoms with Crippen LogP contribution in [0.5, 0.6) is 0 Å². The average Bonchev–Trinajstić information content (AvgIpc) is 2.92. The van der Waals surface area contributed by atoms with Gasteiger partial charge in [0.1, 0.15) is 5.82 Å². The van der Waals surface area contributed by atoms with Crippen LogP contribution in [-0.4, -0.2) is 29.1 Å². The summed E-state index contributed by atoms with van der Waals surface area (Å²) in [6.07, 6.45) is 2.82. The van der Waals surface area contributed by atoms with Crippen molar-refractivity contribution >= 4 is 11.8 Å². The number of nitrogen functional groups attached to an aromatic ring is 1. The fourth-order valence-electron chi connectivity index (χ4n) is 2.71. The number of aryl methyl sites for hydroxylation is 2. The van der Waals surface area contributed by atoms with Crippen LogP contribution in [0.15, 0.2) is 36.4 Å². The summed E-state index contributed by atoms with van der Waals surface area (Å²) in [5.41, 5.74) is 14.1. The molecule has 0 amide bonds. The van der Waals surface area contributed by atoms with E-state index in [-0.39, 0.29) is 6.04 Å². The maximum atomic E-state index is 5.96. The van der Waals surface area contributed by atoms with Crippen LogP contribution in [0.2, 0.25) is 0 Å². The molecule has 4 N–H and O–H groups in total. The Balaban J connectivity index is 1.72. The monoisotopic (exact) mass is 283 g/mol. The van der Waals surface area contributed by atoms with Gasteiger partial charge in [-0.3, -0.25) is 0 Å². The zero-order valence-corrected chi connectivity index (χ0v) is 12.1. The molecule has 1 fully saturated rings. The first kappa shape index (κ1) is 13.8. The lowest BCUT2D eigenvalue weighted by atomic mass is 10.1. The molecule has 1 saturated heterocycles. The van der Waals surface area contributed by atoms with E-state index in [1.165, 1.54) is 5.56 Å². The highest BCUT2D eigenvalue weighted by Gasteiger charge is 2.21. The van der Waals surface area contributed by atoms with Gasteiger partial charge in [-0.2, -0.15) is 4.98 Å². The van der Waals surface area contributed by atoms with E-state index in [9.17, 15) is 0 Å². The molecule has 0 bridgehead atoms. The Hall–Kier alpha value is -2.14. The van der Waals surface area contributed by atoms with Gasteiger partial charge in [-0.05, 0) is 24.8 Å². The van der Waals surface area contributed by atoms with Crippen LogP contribution in [-0.2, 0) is 12.8 Å². The Kier molecular flexibility index (Phi) is 4.01. The van der Waals surface area contributed by atoms with Crippen molar-refractivity contribution in [1.29, 1.82) is 0 Å². The number of hydrogen-bond acceptors (Lipinski definition) is 5. The maximum Gasteiger partial charge on any atom is 0.222 e. The van der Waals surface area contributed by atoms with Crippen molar-refractivity contribution in [1.82, 2.24) is 9.97 Å². The van der Waals surface area contributed by atoms with E-state index in [4.69, 9.17) is 11.5 Å². The summed E-state index contributed by atoms with van der Waals surface area (Å²) in [6, 6.07) is 12.7. The van der Waals surface area contributed by atoms with Crippen molar-refractivity contribution in [3.05, 3.63) is 47.7 Å². The van der Waals surface area contributed by atoms with E-state index in [2.05, 4.69) is 39.1 Å². The quantitative estimate of drug-likeness (QED) is 0.886. The molecule has 0 spiro atoms. The molecular formula is C16H21N5. The molecule has 3 rings (SSSR count). The highest BCUT2D eigenvalue weighted by Crippen LogP contribution is 2.19. The topological polar surface area (TPSA) is 81.1 Å². The minimum Gasteiger partial charge on any atom is -0.368 e. The maximum absolute atomic E-state index is 5.96. The first-order valence-corrected chi connectivity index (χ1v) is 7.38. The number of nitrogens with zero attached hydrogens (tertiary/aromatic N) is 3. The Bertz CT molecular complexity index is 599. The van der Waals surface area contributed by atoms with E-state index < -0.39 is 0 Å². The molecule has 0 unspecified atom stereocenters. The molecule has 21 heavy (non-hydrogen) atoms. The molecule has 0 aliphatic carbocycles. The standard InChI is InChI=1S/C16H21N5/c17-13-8-9-21(11-13)15-10-14(19-16(18)20-15)7-6-12-4-2-1-3-5-12/h1-5,10,13H,6-9,11,17H2,(H2,18,19,20)/t13-/m1/s1. The summed E-state index contributed by atoms with van der Waals surface area (Å²) in [5, 5.41) is 0. The smallest absolute Gasteiger partial charge is 0.222 e. The van der Waals surface area contributed by atoms with Crippen LogP contribution in [0.4, 0.5) is 11.8 Å². The van der Waals surface area contributed by atoms with Gasteiger partial charge >= 0.3 is 0 Å². The molecule has 5 heteroatoms. The van der Waals surface area contributed by atoms with Crippen molar-refractivity contribution in [2.45, 2.75) is 25.3 Å². The summed E-state index contributed by atoms with van der Waals surface area (Å²) < 4.78 is 0. The minimum atomic E-state index is 0.231. The van der Waals surface area contributed by atoms with E-state index in [0.29, 0.717) is 5.95 Å². The minimum absolute atomic E-state index is 0.231. The van der Waals surface area contributed by atoms with Crippen LogP contribution in [0, 0.1) is 0 Å². The predicted octanol–water partition coefficient (Wildman–Crippen LogP) is 1.38. The lowest BCUT2D eigenvalue weighted by molar-refractivity contribution is 0.751. The molecular weight excluding hydrogens is 262 g/mol. The SMILES string of the molecule is Nc1nc(CCc2ccccc2)cc(N2CC[C@@H](N)C2)n1. The van der Waals surface area contributed by atoms with Crippen molar-refractivity contribution in [2.24, 2.45) is 5.73 Å². The molecule has 2 aromatic rings. The van der Waals surface area contributed by atoms with Crippen LogP contribution in [0.1, 0.15) is 17.7 Å². The van der Waals surface area contributed by atoms with Crippen LogP contribution in [0.3, 0.4) is 0 Å². The second kappa shape index (κ2) is 6.10. The molecule has 1 aliphatic heterocycles. The molecule has 1 aromatic carbocycles. The number of hydrogen-bond donors (Lipinski definition) is 2. The van der Waals surface area contributed by atoms with Gasteiger partial charge in [0.05, 0.1) is 0 Å². The second-order valence-corrected chi connectivity index (χ2v) is 5.56. The first-order valence-electron chi connectivity index (χ1n) is 7.38. The Morgan fingerprint density at radius 1 is 1.14 bits per heavy atom. The zero-order valence-electron chi connectivity index (χ0n) is 12.1. The van der Waals surface area contributed by atoms with Crippen molar-refractivity contribution < 1.29 is 0 Å². The molecule has 0 saturated carbocycles. The van der Waals surface area contributed by atoms with Gasteiger partial charge in [-0.15, -0.1) is 0 Å². The molecule has 5 nitrogen and oxygen atoms in total. The summed E-state index contributed by atoms with van der Waals surface area (Å²) >= 11 is 0. The predicted molar refractivity (Wildman–Crippen MR) is 85.1 cm³/mol.